The molecule has 0 saturated carbocycles. The average Bonchev–Trinajstić information content (AvgIpc) is 3.36. The molecule has 0 atom stereocenters. The molecule has 5 nitrogen and oxygen atoms in total. The molecular formula is C22H15N3O2. The summed E-state index contributed by atoms with van der Waals surface area (Å²) in [6.45, 7) is 0. The second kappa shape index (κ2) is 6.46. The lowest BCUT2D eigenvalue weighted by atomic mass is 10.1. The number of fused-ring (bicyclic) bond motifs is 1. The Morgan fingerprint density at radius 1 is 0.778 bits per heavy atom. The van der Waals surface area contributed by atoms with E-state index in [1.54, 1.807) is 0 Å². The van der Waals surface area contributed by atoms with Crippen LogP contribution in [-0.4, -0.2) is 15.1 Å². The zero-order valence-electron chi connectivity index (χ0n) is 14.3. The molecule has 0 amide bonds. The lowest BCUT2D eigenvalue weighted by molar-refractivity contribution is 0.434. The van der Waals surface area contributed by atoms with Crippen molar-refractivity contribution < 1.29 is 9.26 Å². The predicted molar refractivity (Wildman–Crippen MR) is 104 cm³/mol. The summed E-state index contributed by atoms with van der Waals surface area (Å²) in [5, 5.41) is 4.16. The maximum absolute atomic E-state index is 5.89. The molecule has 3 aromatic carbocycles. The summed E-state index contributed by atoms with van der Waals surface area (Å²) in [5.41, 5.74) is 3.42. The highest BCUT2D eigenvalue weighted by atomic mass is 16.5. The number of benzene rings is 3. The van der Waals surface area contributed by atoms with Gasteiger partial charge in [-0.15, -0.1) is 0 Å². The van der Waals surface area contributed by atoms with Crippen LogP contribution in [0.5, 0.6) is 11.5 Å². The first-order chi connectivity index (χ1) is 13.3. The highest BCUT2D eigenvalue weighted by molar-refractivity contribution is 5.79. The summed E-state index contributed by atoms with van der Waals surface area (Å²) in [5.74, 6) is 2.86. The van der Waals surface area contributed by atoms with E-state index in [1.165, 1.54) is 0 Å². The van der Waals surface area contributed by atoms with Crippen molar-refractivity contribution in [2.75, 3.05) is 0 Å². The first kappa shape index (κ1) is 15.4. The smallest absolute Gasteiger partial charge is 0.167 e. The lowest BCUT2D eigenvalue weighted by Gasteiger charge is -2.06. The second-order valence-electron chi connectivity index (χ2n) is 6.12. The Morgan fingerprint density at radius 2 is 1.59 bits per heavy atom. The van der Waals surface area contributed by atoms with Crippen LogP contribution in [-0.2, 0) is 0 Å². The van der Waals surface area contributed by atoms with Crippen LogP contribution in [0, 0.1) is 0 Å². The van der Waals surface area contributed by atoms with E-state index in [0.29, 0.717) is 17.3 Å². The molecule has 0 fully saturated rings. The third-order valence-electron chi connectivity index (χ3n) is 4.24. The van der Waals surface area contributed by atoms with Crippen molar-refractivity contribution in [3.63, 3.8) is 0 Å². The normalized spacial score (nSPS) is 11.0. The third kappa shape index (κ3) is 3.06. The highest BCUT2D eigenvalue weighted by Crippen LogP contribution is 2.30. The SMILES string of the molecule is c1ccc(Oc2cccc(-c3cc(-c4nc5ccccc5[nH]4)no3)c2)cc1. The fourth-order valence-corrected chi connectivity index (χ4v) is 2.93. The van der Waals surface area contributed by atoms with E-state index < -0.39 is 0 Å². The number of H-pyrrole nitrogens is 1. The summed E-state index contributed by atoms with van der Waals surface area (Å²) in [6.07, 6.45) is 0. The zero-order valence-corrected chi connectivity index (χ0v) is 14.3. The predicted octanol–water partition coefficient (Wildman–Crippen LogP) is 5.68. The van der Waals surface area contributed by atoms with Crippen LogP contribution in [0.1, 0.15) is 0 Å². The Labute approximate surface area is 155 Å². The standard InChI is InChI=1S/C22H15N3O2/c1-2-8-16(9-3-1)26-17-10-6-7-15(13-17)21-14-20(25-27-21)22-23-18-11-4-5-12-19(18)24-22/h1-14H,(H,23,24). The monoisotopic (exact) mass is 353 g/mol. The molecule has 0 aliphatic heterocycles. The quantitative estimate of drug-likeness (QED) is 0.452. The maximum atomic E-state index is 5.89. The fraction of sp³-hybridized carbons (Fsp3) is 0. The van der Waals surface area contributed by atoms with Crippen LogP contribution in [0.4, 0.5) is 0 Å². The van der Waals surface area contributed by atoms with Crippen LogP contribution < -0.4 is 4.74 Å². The number of nitrogens with zero attached hydrogens (tertiary/aromatic N) is 2. The van der Waals surface area contributed by atoms with Crippen LogP contribution in [0.3, 0.4) is 0 Å². The molecule has 130 valence electrons. The minimum absolute atomic E-state index is 0.656. The molecule has 27 heavy (non-hydrogen) atoms. The van der Waals surface area contributed by atoms with Gasteiger partial charge in [0.05, 0.1) is 11.0 Å². The minimum atomic E-state index is 0.656. The molecule has 5 aromatic rings. The lowest BCUT2D eigenvalue weighted by Crippen LogP contribution is -1.84. The van der Waals surface area contributed by atoms with Gasteiger partial charge in [-0.2, -0.15) is 0 Å². The van der Waals surface area contributed by atoms with Gasteiger partial charge >= 0.3 is 0 Å². The van der Waals surface area contributed by atoms with Gasteiger partial charge in [0, 0.05) is 11.6 Å². The fourth-order valence-electron chi connectivity index (χ4n) is 2.93. The number of hydrogen-bond donors (Lipinski definition) is 1. The molecule has 0 saturated heterocycles. The van der Waals surface area contributed by atoms with Crippen LogP contribution in [0.15, 0.2) is 89.5 Å². The molecule has 0 aliphatic carbocycles. The molecule has 0 aliphatic rings. The van der Waals surface area contributed by atoms with Gasteiger partial charge in [0.25, 0.3) is 0 Å². The summed E-state index contributed by atoms with van der Waals surface area (Å²) in [7, 11) is 0. The van der Waals surface area contributed by atoms with E-state index in [2.05, 4.69) is 15.1 Å². The molecule has 0 unspecified atom stereocenters. The molecule has 2 aromatic heterocycles. The Balaban J connectivity index is 1.45. The van der Waals surface area contributed by atoms with Crippen molar-refractivity contribution in [3.05, 3.63) is 84.9 Å². The van der Waals surface area contributed by atoms with Gasteiger partial charge in [-0.3, -0.25) is 0 Å². The Kier molecular flexibility index (Phi) is 3.68. The highest BCUT2D eigenvalue weighted by Gasteiger charge is 2.13. The van der Waals surface area contributed by atoms with E-state index in [1.807, 2.05) is 84.9 Å². The van der Waals surface area contributed by atoms with Gasteiger partial charge in [0.2, 0.25) is 0 Å². The summed E-state index contributed by atoms with van der Waals surface area (Å²) >= 11 is 0. The number of aromatic nitrogens is 3. The first-order valence-corrected chi connectivity index (χ1v) is 8.60. The second-order valence-corrected chi connectivity index (χ2v) is 6.12. The van der Waals surface area contributed by atoms with Crippen molar-refractivity contribution in [2.24, 2.45) is 0 Å². The zero-order chi connectivity index (χ0) is 18.1. The van der Waals surface area contributed by atoms with Gasteiger partial charge in [-0.25, -0.2) is 4.98 Å². The van der Waals surface area contributed by atoms with E-state index in [0.717, 1.165) is 28.1 Å². The van der Waals surface area contributed by atoms with Gasteiger partial charge in [-0.05, 0) is 36.4 Å². The molecule has 2 heterocycles. The van der Waals surface area contributed by atoms with E-state index >= 15 is 0 Å². The molecular weight excluding hydrogens is 338 g/mol. The molecule has 5 heteroatoms. The number of rotatable bonds is 4. The van der Waals surface area contributed by atoms with Gasteiger partial charge < -0.3 is 14.2 Å². The largest absolute Gasteiger partial charge is 0.457 e. The number of imidazole rings is 1. The van der Waals surface area contributed by atoms with Crippen molar-refractivity contribution >= 4 is 11.0 Å². The van der Waals surface area contributed by atoms with Gasteiger partial charge in [0.15, 0.2) is 11.6 Å². The van der Waals surface area contributed by atoms with Crippen molar-refractivity contribution in [2.45, 2.75) is 0 Å². The van der Waals surface area contributed by atoms with Gasteiger partial charge in [0.1, 0.15) is 17.2 Å². The average molecular weight is 353 g/mol. The minimum Gasteiger partial charge on any atom is -0.457 e. The first-order valence-electron chi connectivity index (χ1n) is 8.60. The summed E-state index contributed by atoms with van der Waals surface area (Å²) < 4.78 is 11.4. The van der Waals surface area contributed by atoms with Gasteiger partial charge in [-0.1, -0.05) is 47.6 Å². The number of para-hydroxylation sites is 3. The molecule has 1 N–H and O–H groups in total. The number of nitrogens with one attached hydrogen (secondary N) is 1. The van der Waals surface area contributed by atoms with Crippen LogP contribution in [0.25, 0.3) is 33.9 Å². The van der Waals surface area contributed by atoms with Crippen LogP contribution >= 0.6 is 0 Å². The van der Waals surface area contributed by atoms with Crippen molar-refractivity contribution in [1.82, 2.24) is 15.1 Å². The van der Waals surface area contributed by atoms with Crippen molar-refractivity contribution in [1.29, 1.82) is 0 Å². The molecule has 5 rings (SSSR count). The number of hydrogen-bond acceptors (Lipinski definition) is 4. The van der Waals surface area contributed by atoms with E-state index in [9.17, 15) is 0 Å². The Bertz CT molecular complexity index is 1180. The topological polar surface area (TPSA) is 63.9 Å². The number of aromatic amines is 1. The van der Waals surface area contributed by atoms with Crippen molar-refractivity contribution in [3.8, 4) is 34.3 Å². The molecule has 0 bridgehead atoms. The Hall–Kier alpha value is -3.86. The Morgan fingerprint density at radius 3 is 2.48 bits per heavy atom. The summed E-state index contributed by atoms with van der Waals surface area (Å²) in [6, 6.07) is 27.1. The van der Waals surface area contributed by atoms with E-state index in [-0.39, 0.29) is 0 Å². The molecule has 0 spiro atoms. The molecule has 0 radical (unpaired) electrons. The number of ether oxygens (including phenoxy) is 1. The summed E-state index contributed by atoms with van der Waals surface area (Å²) in [4.78, 5) is 7.82. The van der Waals surface area contributed by atoms with Crippen LogP contribution in [0.2, 0.25) is 0 Å². The maximum Gasteiger partial charge on any atom is 0.167 e. The van der Waals surface area contributed by atoms with E-state index in [4.69, 9.17) is 9.26 Å². The third-order valence-corrected chi connectivity index (χ3v) is 4.24.